The van der Waals surface area contributed by atoms with E-state index in [0.717, 1.165) is 33.4 Å². The van der Waals surface area contributed by atoms with Crippen molar-refractivity contribution in [3.05, 3.63) is 83.7 Å². The predicted molar refractivity (Wildman–Crippen MR) is 111 cm³/mol. The molecule has 0 radical (unpaired) electrons. The molecule has 0 bridgehead atoms. The fourth-order valence-corrected chi connectivity index (χ4v) is 3.05. The van der Waals surface area contributed by atoms with Gasteiger partial charge in [-0.1, -0.05) is 36.4 Å². The van der Waals surface area contributed by atoms with Gasteiger partial charge in [0.2, 0.25) is 0 Å². The van der Waals surface area contributed by atoms with Crippen LogP contribution in [-0.2, 0) is 0 Å². The first kappa shape index (κ1) is 17.6. The molecule has 0 fully saturated rings. The molecule has 2 aromatic carbocycles. The molecule has 4 aromatic rings. The minimum atomic E-state index is -0.289. The molecule has 0 spiro atoms. The molecule has 0 atom stereocenters. The van der Waals surface area contributed by atoms with Crippen molar-refractivity contribution in [3.8, 4) is 0 Å². The first-order chi connectivity index (χ1) is 13.6. The van der Waals surface area contributed by atoms with Gasteiger partial charge in [-0.25, -0.2) is 0 Å². The van der Waals surface area contributed by atoms with Crippen LogP contribution in [0.3, 0.4) is 0 Å². The summed E-state index contributed by atoms with van der Waals surface area (Å²) in [6, 6.07) is 19.0. The summed E-state index contributed by atoms with van der Waals surface area (Å²) in [5.74, 6) is 0.255. The number of pyridine rings is 1. The van der Waals surface area contributed by atoms with E-state index in [1.165, 1.54) is 0 Å². The second-order valence-electron chi connectivity index (χ2n) is 6.53. The van der Waals surface area contributed by atoms with Crippen molar-refractivity contribution in [3.63, 3.8) is 0 Å². The molecule has 2 aromatic heterocycles. The Balaban J connectivity index is 1.53. The monoisotopic (exact) mass is 369 g/mol. The summed E-state index contributed by atoms with van der Waals surface area (Å²) in [4.78, 5) is 16.9. The number of rotatable bonds is 4. The van der Waals surface area contributed by atoms with Gasteiger partial charge in [-0.2, -0.15) is 0 Å². The number of amides is 1. The molecule has 0 aliphatic rings. The number of para-hydroxylation sites is 2. The Morgan fingerprint density at radius 2 is 1.61 bits per heavy atom. The van der Waals surface area contributed by atoms with Crippen molar-refractivity contribution < 1.29 is 4.79 Å². The molecule has 6 heteroatoms. The topological polar surface area (TPSA) is 79.8 Å². The van der Waals surface area contributed by atoms with Crippen molar-refractivity contribution in [1.29, 1.82) is 0 Å². The molecule has 0 aliphatic carbocycles. The molecular formula is C22H19N5O. The maximum atomic E-state index is 12.5. The summed E-state index contributed by atoms with van der Waals surface area (Å²) in [5, 5.41) is 15.4. The van der Waals surface area contributed by atoms with Gasteiger partial charge in [-0.3, -0.25) is 9.78 Å². The number of aryl methyl sites for hydroxylation is 2. The molecule has 2 heterocycles. The molecule has 2 N–H and O–H groups in total. The Labute approximate surface area is 162 Å². The number of hydrogen-bond donors (Lipinski definition) is 2. The molecular weight excluding hydrogens is 350 g/mol. The number of nitrogens with one attached hydrogen (secondary N) is 2. The lowest BCUT2D eigenvalue weighted by Crippen LogP contribution is -2.16. The van der Waals surface area contributed by atoms with Gasteiger partial charge in [0, 0.05) is 17.3 Å². The fraction of sp³-hybridized carbons (Fsp3) is 0.0909. The lowest BCUT2D eigenvalue weighted by Gasteiger charge is -2.11. The highest BCUT2D eigenvalue weighted by Crippen LogP contribution is 2.24. The molecule has 28 heavy (non-hydrogen) atoms. The molecule has 0 aliphatic heterocycles. The van der Waals surface area contributed by atoms with Crippen LogP contribution in [0.5, 0.6) is 0 Å². The maximum absolute atomic E-state index is 12.5. The summed E-state index contributed by atoms with van der Waals surface area (Å²) in [7, 11) is 0. The van der Waals surface area contributed by atoms with E-state index in [1.54, 1.807) is 18.3 Å². The van der Waals surface area contributed by atoms with Crippen molar-refractivity contribution in [2.24, 2.45) is 0 Å². The van der Waals surface area contributed by atoms with Gasteiger partial charge in [-0.05, 0) is 49.2 Å². The van der Waals surface area contributed by atoms with Crippen LogP contribution in [0.1, 0.15) is 21.6 Å². The summed E-state index contributed by atoms with van der Waals surface area (Å²) < 4.78 is 0. The highest BCUT2D eigenvalue weighted by Gasteiger charge is 2.12. The minimum Gasteiger partial charge on any atom is -0.337 e. The maximum Gasteiger partial charge on any atom is 0.276 e. The average Bonchev–Trinajstić information content (AvgIpc) is 2.71. The molecule has 6 nitrogen and oxygen atoms in total. The number of hydrogen-bond acceptors (Lipinski definition) is 5. The van der Waals surface area contributed by atoms with E-state index in [0.29, 0.717) is 5.82 Å². The second-order valence-corrected chi connectivity index (χ2v) is 6.53. The SMILES string of the molecule is Cc1cccc(C)c1NC(=O)c1ccc(Nc2cccc3cccnc23)nn1. The van der Waals surface area contributed by atoms with Crippen LogP contribution in [0.2, 0.25) is 0 Å². The molecule has 1 amide bonds. The van der Waals surface area contributed by atoms with Gasteiger partial charge in [0.15, 0.2) is 11.5 Å². The van der Waals surface area contributed by atoms with E-state index in [2.05, 4.69) is 25.8 Å². The standard InChI is InChI=1S/C22H19N5O/c1-14-6-3-7-15(2)20(14)25-22(28)18-11-12-19(27-26-18)24-17-10-4-8-16-9-5-13-23-21(16)17/h3-13H,1-2H3,(H,24,27)(H,25,28). The van der Waals surface area contributed by atoms with Crippen LogP contribution in [0.25, 0.3) is 10.9 Å². The molecule has 4 rings (SSSR count). The highest BCUT2D eigenvalue weighted by atomic mass is 16.1. The van der Waals surface area contributed by atoms with E-state index in [-0.39, 0.29) is 11.6 Å². The van der Waals surface area contributed by atoms with E-state index < -0.39 is 0 Å². The lowest BCUT2D eigenvalue weighted by atomic mass is 10.1. The van der Waals surface area contributed by atoms with Crippen LogP contribution in [0.15, 0.2) is 66.9 Å². The van der Waals surface area contributed by atoms with Gasteiger partial charge < -0.3 is 10.6 Å². The predicted octanol–water partition coefficient (Wildman–Crippen LogP) is 4.64. The van der Waals surface area contributed by atoms with E-state index in [1.807, 2.05) is 62.4 Å². The van der Waals surface area contributed by atoms with E-state index in [4.69, 9.17) is 0 Å². The Morgan fingerprint density at radius 3 is 2.36 bits per heavy atom. The van der Waals surface area contributed by atoms with Crippen molar-refractivity contribution >= 4 is 34.0 Å². The number of benzene rings is 2. The van der Waals surface area contributed by atoms with Crippen molar-refractivity contribution in [2.75, 3.05) is 10.6 Å². The van der Waals surface area contributed by atoms with Crippen LogP contribution in [-0.4, -0.2) is 21.1 Å². The third kappa shape index (κ3) is 3.53. The second kappa shape index (κ2) is 7.44. The Kier molecular flexibility index (Phi) is 4.68. The van der Waals surface area contributed by atoms with E-state index >= 15 is 0 Å². The molecule has 138 valence electrons. The van der Waals surface area contributed by atoms with Gasteiger partial charge in [-0.15, -0.1) is 10.2 Å². The molecule has 0 saturated carbocycles. The van der Waals surface area contributed by atoms with Crippen LogP contribution < -0.4 is 10.6 Å². The first-order valence-electron chi connectivity index (χ1n) is 8.94. The number of carbonyl (C=O) groups excluding carboxylic acids is 1. The zero-order chi connectivity index (χ0) is 19.5. The van der Waals surface area contributed by atoms with Gasteiger partial charge in [0.25, 0.3) is 5.91 Å². The average molecular weight is 369 g/mol. The number of nitrogens with zero attached hydrogens (tertiary/aromatic N) is 3. The van der Waals surface area contributed by atoms with Gasteiger partial charge >= 0.3 is 0 Å². The molecule has 0 saturated heterocycles. The van der Waals surface area contributed by atoms with Crippen LogP contribution in [0.4, 0.5) is 17.2 Å². The third-order valence-corrected chi connectivity index (χ3v) is 4.51. The number of fused-ring (bicyclic) bond motifs is 1. The zero-order valence-electron chi connectivity index (χ0n) is 15.6. The third-order valence-electron chi connectivity index (χ3n) is 4.51. The largest absolute Gasteiger partial charge is 0.337 e. The Morgan fingerprint density at radius 1 is 0.857 bits per heavy atom. The van der Waals surface area contributed by atoms with E-state index in [9.17, 15) is 4.79 Å². The van der Waals surface area contributed by atoms with Gasteiger partial charge in [0.1, 0.15) is 0 Å². The van der Waals surface area contributed by atoms with Gasteiger partial charge in [0.05, 0.1) is 11.2 Å². The first-order valence-corrected chi connectivity index (χ1v) is 8.94. The smallest absolute Gasteiger partial charge is 0.276 e. The number of aromatic nitrogens is 3. The normalized spacial score (nSPS) is 10.6. The zero-order valence-corrected chi connectivity index (χ0v) is 15.6. The Bertz CT molecular complexity index is 1130. The van der Waals surface area contributed by atoms with Crippen molar-refractivity contribution in [1.82, 2.24) is 15.2 Å². The van der Waals surface area contributed by atoms with Crippen LogP contribution in [0, 0.1) is 13.8 Å². The Hall–Kier alpha value is -3.80. The summed E-state index contributed by atoms with van der Waals surface area (Å²) >= 11 is 0. The highest BCUT2D eigenvalue weighted by molar-refractivity contribution is 6.03. The fourth-order valence-electron chi connectivity index (χ4n) is 3.05. The summed E-state index contributed by atoms with van der Waals surface area (Å²) in [5.41, 5.74) is 4.75. The lowest BCUT2D eigenvalue weighted by molar-refractivity contribution is 0.102. The number of carbonyl (C=O) groups is 1. The quantitative estimate of drug-likeness (QED) is 0.548. The summed E-state index contributed by atoms with van der Waals surface area (Å²) in [6.45, 7) is 3.92. The summed E-state index contributed by atoms with van der Waals surface area (Å²) in [6.07, 6.45) is 1.75. The van der Waals surface area contributed by atoms with Crippen molar-refractivity contribution in [2.45, 2.75) is 13.8 Å². The van der Waals surface area contributed by atoms with Crippen LogP contribution >= 0.6 is 0 Å². The number of anilines is 3. The molecule has 0 unspecified atom stereocenters. The minimum absolute atomic E-state index is 0.254.